The highest BCUT2D eigenvalue weighted by Crippen LogP contribution is 2.37. The molecule has 2 heterocycles. The average molecular weight is 398 g/mol. The van der Waals surface area contributed by atoms with E-state index in [0.717, 1.165) is 23.3 Å². The van der Waals surface area contributed by atoms with Crippen LogP contribution in [0.1, 0.15) is 16.1 Å². The van der Waals surface area contributed by atoms with Crippen LogP contribution < -0.4 is 0 Å². The molecule has 2 aromatic heterocycles. The van der Waals surface area contributed by atoms with E-state index in [1.807, 2.05) is 31.2 Å². The molecule has 0 radical (unpaired) electrons. The van der Waals surface area contributed by atoms with Crippen LogP contribution in [-0.2, 0) is 12.1 Å². The topological polar surface area (TPSA) is 63.8 Å². The van der Waals surface area contributed by atoms with E-state index in [4.69, 9.17) is 0 Å². The molecule has 0 amide bonds. The molecule has 0 bridgehead atoms. The molecule has 28 heavy (non-hydrogen) atoms. The highest BCUT2D eigenvalue weighted by Gasteiger charge is 2.38. The molecule has 8 heteroatoms. The Morgan fingerprint density at radius 1 is 1.14 bits per heavy atom. The zero-order valence-electron chi connectivity index (χ0n) is 14.9. The van der Waals surface area contributed by atoms with Gasteiger partial charge >= 0.3 is 0 Å². The Kier molecular flexibility index (Phi) is 4.74. The number of hydrogen-bond acceptors (Lipinski definition) is 5. The van der Waals surface area contributed by atoms with Crippen LogP contribution in [0.5, 0.6) is 0 Å². The standard InChI is InChI=1S/C20H16F2N4OS/c1-13-2-4-14(5-3-13)18-9-28-19(25-18)20(27,10-26-12-23-11-24-26)16-7-6-15(21)8-17(16)22/h2-9,11-12,27H,10H2,1H3. The molecule has 0 aliphatic carbocycles. The SMILES string of the molecule is Cc1ccc(-c2csc(C(O)(Cn3cncn3)c3ccc(F)cc3F)n2)cc1. The molecule has 5 nitrogen and oxygen atoms in total. The molecule has 4 aromatic rings. The van der Waals surface area contributed by atoms with Gasteiger partial charge in [0.2, 0.25) is 0 Å². The number of nitrogens with zero attached hydrogens (tertiary/aromatic N) is 4. The van der Waals surface area contributed by atoms with Gasteiger partial charge in [0.25, 0.3) is 0 Å². The summed E-state index contributed by atoms with van der Waals surface area (Å²) in [5, 5.41) is 17.6. The molecule has 0 saturated carbocycles. The molecule has 1 atom stereocenters. The van der Waals surface area contributed by atoms with Gasteiger partial charge in [-0.15, -0.1) is 11.3 Å². The maximum absolute atomic E-state index is 14.6. The third-order valence-electron chi connectivity index (χ3n) is 4.44. The number of aliphatic hydroxyl groups is 1. The van der Waals surface area contributed by atoms with Crippen LogP contribution >= 0.6 is 11.3 Å². The Balaban J connectivity index is 1.80. The molecular formula is C20H16F2N4OS. The van der Waals surface area contributed by atoms with Crippen LogP contribution in [0.2, 0.25) is 0 Å². The molecule has 1 N–H and O–H groups in total. The van der Waals surface area contributed by atoms with Crippen molar-refractivity contribution in [3.8, 4) is 11.3 Å². The zero-order valence-corrected chi connectivity index (χ0v) is 15.7. The van der Waals surface area contributed by atoms with E-state index in [0.29, 0.717) is 5.69 Å². The van der Waals surface area contributed by atoms with Gasteiger partial charge in [-0.1, -0.05) is 29.8 Å². The third kappa shape index (κ3) is 3.44. The second-order valence-electron chi connectivity index (χ2n) is 6.48. The molecule has 1 unspecified atom stereocenters. The Morgan fingerprint density at radius 2 is 1.93 bits per heavy atom. The number of rotatable bonds is 5. The third-order valence-corrected chi connectivity index (χ3v) is 5.43. The summed E-state index contributed by atoms with van der Waals surface area (Å²) in [4.78, 5) is 8.41. The van der Waals surface area contributed by atoms with Gasteiger partial charge in [0.1, 0.15) is 29.3 Å². The Morgan fingerprint density at radius 3 is 2.61 bits per heavy atom. The van der Waals surface area contributed by atoms with Crippen LogP contribution in [0.25, 0.3) is 11.3 Å². The van der Waals surface area contributed by atoms with Gasteiger partial charge in [0, 0.05) is 22.6 Å². The van der Waals surface area contributed by atoms with Gasteiger partial charge in [-0.05, 0) is 19.1 Å². The lowest BCUT2D eigenvalue weighted by Crippen LogP contribution is -2.34. The van der Waals surface area contributed by atoms with Gasteiger partial charge in [0.05, 0.1) is 12.2 Å². The van der Waals surface area contributed by atoms with Gasteiger partial charge in [-0.2, -0.15) is 5.10 Å². The fraction of sp³-hybridized carbons (Fsp3) is 0.150. The molecule has 0 aliphatic rings. The van der Waals surface area contributed by atoms with E-state index >= 15 is 0 Å². The lowest BCUT2D eigenvalue weighted by Gasteiger charge is -2.26. The van der Waals surface area contributed by atoms with E-state index < -0.39 is 17.2 Å². The summed E-state index contributed by atoms with van der Waals surface area (Å²) >= 11 is 1.20. The minimum Gasteiger partial charge on any atom is -0.376 e. The number of thiazole rings is 1. The Bertz CT molecular complexity index is 1100. The zero-order chi connectivity index (χ0) is 19.7. The van der Waals surface area contributed by atoms with Gasteiger partial charge in [0.15, 0.2) is 5.60 Å². The first kappa shape index (κ1) is 18.4. The summed E-state index contributed by atoms with van der Waals surface area (Å²) in [6.07, 6.45) is 2.74. The highest BCUT2D eigenvalue weighted by molar-refractivity contribution is 7.10. The number of benzene rings is 2. The summed E-state index contributed by atoms with van der Waals surface area (Å²) < 4.78 is 29.4. The van der Waals surface area contributed by atoms with Crippen molar-refractivity contribution in [2.45, 2.75) is 19.1 Å². The van der Waals surface area contributed by atoms with Crippen LogP contribution in [-0.4, -0.2) is 24.9 Å². The normalized spacial score (nSPS) is 13.4. The minimum absolute atomic E-state index is 0.0748. The molecule has 142 valence electrons. The molecular weight excluding hydrogens is 382 g/mol. The van der Waals surface area contributed by atoms with Crippen molar-refractivity contribution in [3.05, 3.63) is 88.3 Å². The van der Waals surface area contributed by atoms with E-state index in [-0.39, 0.29) is 17.1 Å². The molecule has 0 spiro atoms. The lowest BCUT2D eigenvalue weighted by atomic mass is 9.93. The monoisotopic (exact) mass is 398 g/mol. The van der Waals surface area contributed by atoms with Crippen molar-refractivity contribution in [2.75, 3.05) is 0 Å². The quantitative estimate of drug-likeness (QED) is 0.553. The van der Waals surface area contributed by atoms with Crippen LogP contribution in [0, 0.1) is 18.6 Å². The smallest absolute Gasteiger partial charge is 0.163 e. The maximum atomic E-state index is 14.6. The number of aryl methyl sites for hydroxylation is 1. The van der Waals surface area contributed by atoms with Gasteiger partial charge < -0.3 is 5.11 Å². The van der Waals surface area contributed by atoms with Crippen molar-refractivity contribution < 1.29 is 13.9 Å². The molecule has 0 aliphatic heterocycles. The minimum atomic E-state index is -1.83. The lowest BCUT2D eigenvalue weighted by molar-refractivity contribution is 0.0533. The summed E-state index contributed by atoms with van der Waals surface area (Å²) in [7, 11) is 0. The second-order valence-corrected chi connectivity index (χ2v) is 7.34. The number of aromatic nitrogens is 4. The fourth-order valence-electron chi connectivity index (χ4n) is 2.96. The summed E-state index contributed by atoms with van der Waals surface area (Å²) in [5.74, 6) is -1.57. The van der Waals surface area contributed by atoms with Crippen LogP contribution in [0.15, 0.2) is 60.5 Å². The molecule has 0 saturated heterocycles. The summed E-state index contributed by atoms with van der Waals surface area (Å²) in [6.45, 7) is 1.88. The molecule has 0 fully saturated rings. The van der Waals surface area contributed by atoms with Crippen molar-refractivity contribution in [1.29, 1.82) is 0 Å². The number of hydrogen-bond donors (Lipinski definition) is 1. The van der Waals surface area contributed by atoms with Crippen molar-refractivity contribution in [1.82, 2.24) is 19.7 Å². The van der Waals surface area contributed by atoms with E-state index in [1.54, 1.807) is 5.38 Å². The molecule has 4 rings (SSSR count). The maximum Gasteiger partial charge on any atom is 0.163 e. The van der Waals surface area contributed by atoms with Crippen molar-refractivity contribution >= 4 is 11.3 Å². The van der Waals surface area contributed by atoms with Crippen molar-refractivity contribution in [2.24, 2.45) is 0 Å². The predicted octanol–water partition coefficient (Wildman–Crippen LogP) is 3.92. The average Bonchev–Trinajstić information content (AvgIpc) is 3.34. The predicted molar refractivity (Wildman–Crippen MR) is 102 cm³/mol. The van der Waals surface area contributed by atoms with E-state index in [9.17, 15) is 13.9 Å². The Hall–Kier alpha value is -2.97. The summed E-state index contributed by atoms with van der Waals surface area (Å²) in [5.41, 5.74) is 0.763. The Labute approximate surface area is 164 Å². The van der Waals surface area contributed by atoms with Gasteiger partial charge in [-0.25, -0.2) is 23.4 Å². The van der Waals surface area contributed by atoms with E-state index in [2.05, 4.69) is 15.1 Å². The highest BCUT2D eigenvalue weighted by atomic mass is 32.1. The van der Waals surface area contributed by atoms with Crippen LogP contribution in [0.3, 0.4) is 0 Å². The fourth-order valence-corrected chi connectivity index (χ4v) is 3.89. The van der Waals surface area contributed by atoms with Crippen LogP contribution in [0.4, 0.5) is 8.78 Å². The first-order valence-electron chi connectivity index (χ1n) is 8.49. The number of halogens is 2. The second kappa shape index (κ2) is 7.21. The van der Waals surface area contributed by atoms with Crippen molar-refractivity contribution in [3.63, 3.8) is 0 Å². The summed E-state index contributed by atoms with van der Waals surface area (Å²) in [6, 6.07) is 10.9. The van der Waals surface area contributed by atoms with E-state index in [1.165, 1.54) is 34.7 Å². The van der Waals surface area contributed by atoms with Gasteiger partial charge in [-0.3, -0.25) is 0 Å². The first-order valence-corrected chi connectivity index (χ1v) is 9.37. The first-order chi connectivity index (χ1) is 13.5. The largest absolute Gasteiger partial charge is 0.376 e. The molecule has 2 aromatic carbocycles.